The maximum absolute atomic E-state index is 12.6. The zero-order chi connectivity index (χ0) is 22.4. The van der Waals surface area contributed by atoms with E-state index in [1.54, 1.807) is 17.0 Å². The summed E-state index contributed by atoms with van der Waals surface area (Å²) < 4.78 is 31.9. The number of anilines is 1. The second-order valence-electron chi connectivity index (χ2n) is 7.42. The molecule has 8 nitrogen and oxygen atoms in total. The number of para-hydroxylation sites is 1. The third-order valence-electron chi connectivity index (χ3n) is 5.11. The summed E-state index contributed by atoms with van der Waals surface area (Å²) in [5.74, 6) is -1.10. The average Bonchev–Trinajstić information content (AvgIpc) is 2.78. The Kier molecular flexibility index (Phi) is 7.29. The minimum atomic E-state index is -3.83. The molecule has 9 heteroatoms. The summed E-state index contributed by atoms with van der Waals surface area (Å²) in [6.07, 6.45) is -0.986. The first-order valence-corrected chi connectivity index (χ1v) is 11.6. The van der Waals surface area contributed by atoms with Crippen molar-refractivity contribution >= 4 is 27.6 Å². The first kappa shape index (κ1) is 22.8. The highest BCUT2D eigenvalue weighted by Crippen LogP contribution is 2.16. The highest BCUT2D eigenvalue weighted by Gasteiger charge is 2.27. The van der Waals surface area contributed by atoms with Crippen LogP contribution in [0.2, 0.25) is 0 Å². The molecule has 1 atom stereocenters. The molecule has 166 valence electrons. The molecule has 1 heterocycles. The molecule has 1 amide bonds. The van der Waals surface area contributed by atoms with Gasteiger partial charge in [0.15, 0.2) is 6.10 Å². The Hall–Kier alpha value is -2.91. The molecule has 1 aliphatic rings. The molecule has 3 rings (SSSR count). The third-order valence-corrected chi connectivity index (χ3v) is 6.52. The van der Waals surface area contributed by atoms with E-state index in [1.165, 1.54) is 19.1 Å². The number of amides is 1. The van der Waals surface area contributed by atoms with Gasteiger partial charge in [-0.25, -0.2) is 8.42 Å². The average molecular weight is 446 g/mol. The molecule has 0 saturated carbocycles. The highest BCUT2D eigenvalue weighted by atomic mass is 32.2. The number of carbonyl (C=O) groups excluding carboxylic acids is 2. The number of carbonyl (C=O) groups is 2. The minimum absolute atomic E-state index is 0.0614. The molecule has 2 aromatic carbocycles. The lowest BCUT2D eigenvalue weighted by atomic mass is 10.2. The van der Waals surface area contributed by atoms with Crippen LogP contribution in [0.3, 0.4) is 0 Å². The van der Waals surface area contributed by atoms with E-state index in [4.69, 9.17) is 4.74 Å². The van der Waals surface area contributed by atoms with Crippen LogP contribution in [0, 0.1) is 6.92 Å². The molecule has 1 unspecified atom stereocenters. The molecule has 2 aromatic rings. The van der Waals surface area contributed by atoms with E-state index < -0.39 is 28.6 Å². The van der Waals surface area contributed by atoms with Crippen molar-refractivity contribution < 1.29 is 22.7 Å². The fourth-order valence-electron chi connectivity index (χ4n) is 3.32. The Balaban J connectivity index is 1.46. The van der Waals surface area contributed by atoms with Gasteiger partial charge in [-0.1, -0.05) is 35.9 Å². The third kappa shape index (κ3) is 6.05. The molecule has 1 aliphatic heterocycles. The first-order chi connectivity index (χ1) is 14.8. The van der Waals surface area contributed by atoms with E-state index in [-0.39, 0.29) is 10.8 Å². The lowest BCUT2D eigenvalue weighted by Gasteiger charge is -2.37. The van der Waals surface area contributed by atoms with Gasteiger partial charge in [-0.15, -0.1) is 0 Å². The van der Waals surface area contributed by atoms with Crippen LogP contribution in [0.1, 0.15) is 12.5 Å². The first-order valence-electron chi connectivity index (χ1n) is 10.1. The van der Waals surface area contributed by atoms with E-state index in [1.807, 2.05) is 37.3 Å². The molecule has 1 saturated heterocycles. The molecular formula is C22H27N3O5S. The minimum Gasteiger partial charge on any atom is -0.452 e. The number of hydrogen-bond donors (Lipinski definition) is 1. The Morgan fingerprint density at radius 1 is 1.00 bits per heavy atom. The van der Waals surface area contributed by atoms with Crippen molar-refractivity contribution in [3.05, 3.63) is 60.2 Å². The van der Waals surface area contributed by atoms with Gasteiger partial charge in [0, 0.05) is 31.9 Å². The zero-order valence-corrected chi connectivity index (χ0v) is 18.5. The Morgan fingerprint density at radius 2 is 1.61 bits per heavy atom. The number of sulfonamides is 1. The number of esters is 1. The van der Waals surface area contributed by atoms with Gasteiger partial charge in [0.05, 0.1) is 4.90 Å². The summed E-state index contributed by atoms with van der Waals surface area (Å²) in [5, 5.41) is 0. The van der Waals surface area contributed by atoms with Crippen LogP contribution in [0.4, 0.5) is 5.69 Å². The largest absolute Gasteiger partial charge is 0.452 e. The number of benzene rings is 2. The topological polar surface area (TPSA) is 96.0 Å². The molecule has 0 radical (unpaired) electrons. The molecule has 0 aliphatic carbocycles. The van der Waals surface area contributed by atoms with Gasteiger partial charge in [0.25, 0.3) is 5.91 Å². The maximum Gasteiger partial charge on any atom is 0.321 e. The van der Waals surface area contributed by atoms with Gasteiger partial charge >= 0.3 is 5.97 Å². The van der Waals surface area contributed by atoms with Crippen molar-refractivity contribution in [3.63, 3.8) is 0 Å². The molecule has 0 aromatic heterocycles. The van der Waals surface area contributed by atoms with Crippen molar-refractivity contribution in [2.24, 2.45) is 0 Å². The van der Waals surface area contributed by atoms with Crippen LogP contribution in [0.5, 0.6) is 0 Å². The van der Waals surface area contributed by atoms with Crippen molar-refractivity contribution in [2.75, 3.05) is 37.6 Å². The SMILES string of the molecule is Cc1ccc(S(=O)(=O)NCC(=O)OC(C)C(=O)N2CCN(c3ccccc3)CC2)cc1. The predicted octanol–water partition coefficient (Wildman–Crippen LogP) is 1.55. The molecule has 1 N–H and O–H groups in total. The lowest BCUT2D eigenvalue weighted by molar-refractivity contribution is -0.158. The van der Waals surface area contributed by atoms with E-state index in [0.717, 1.165) is 11.3 Å². The highest BCUT2D eigenvalue weighted by molar-refractivity contribution is 7.89. The standard InChI is InChI=1S/C22H27N3O5S/c1-17-8-10-20(11-9-17)31(28,29)23-16-21(26)30-18(2)22(27)25-14-12-24(13-15-25)19-6-4-3-5-7-19/h3-11,18,23H,12-16H2,1-2H3. The van der Waals surface area contributed by atoms with E-state index in [0.29, 0.717) is 26.2 Å². The number of ether oxygens (including phenoxy) is 1. The number of rotatable bonds is 7. The van der Waals surface area contributed by atoms with Crippen LogP contribution in [-0.2, 0) is 24.3 Å². The van der Waals surface area contributed by atoms with Gasteiger partial charge in [-0.05, 0) is 38.1 Å². The summed E-state index contributed by atoms with van der Waals surface area (Å²) in [7, 11) is -3.83. The molecule has 0 spiro atoms. The fourth-order valence-corrected chi connectivity index (χ4v) is 4.29. The monoisotopic (exact) mass is 445 g/mol. The number of aryl methyl sites for hydroxylation is 1. The number of hydrogen-bond acceptors (Lipinski definition) is 6. The molecular weight excluding hydrogens is 418 g/mol. The lowest BCUT2D eigenvalue weighted by Crippen LogP contribution is -2.52. The fraction of sp³-hybridized carbons (Fsp3) is 0.364. The number of piperazine rings is 1. The van der Waals surface area contributed by atoms with E-state index in [2.05, 4.69) is 9.62 Å². The summed E-state index contributed by atoms with van der Waals surface area (Å²) in [5.41, 5.74) is 2.03. The Bertz CT molecular complexity index is 1000. The van der Waals surface area contributed by atoms with Crippen molar-refractivity contribution in [3.8, 4) is 0 Å². The second-order valence-corrected chi connectivity index (χ2v) is 9.18. The molecule has 0 bridgehead atoms. The maximum atomic E-state index is 12.6. The second kappa shape index (κ2) is 9.93. The number of nitrogens with one attached hydrogen (secondary N) is 1. The van der Waals surface area contributed by atoms with Crippen molar-refractivity contribution in [1.82, 2.24) is 9.62 Å². The van der Waals surface area contributed by atoms with Crippen LogP contribution >= 0.6 is 0 Å². The van der Waals surface area contributed by atoms with Gasteiger partial charge in [-0.2, -0.15) is 4.72 Å². The van der Waals surface area contributed by atoms with E-state index in [9.17, 15) is 18.0 Å². The van der Waals surface area contributed by atoms with Crippen LogP contribution in [0.15, 0.2) is 59.5 Å². The zero-order valence-electron chi connectivity index (χ0n) is 17.7. The summed E-state index contributed by atoms with van der Waals surface area (Å²) >= 11 is 0. The molecule has 31 heavy (non-hydrogen) atoms. The van der Waals surface area contributed by atoms with Gasteiger partial charge in [0.2, 0.25) is 10.0 Å². The van der Waals surface area contributed by atoms with Crippen LogP contribution in [0.25, 0.3) is 0 Å². The number of nitrogens with zero attached hydrogens (tertiary/aromatic N) is 2. The van der Waals surface area contributed by atoms with Crippen LogP contribution in [-0.4, -0.2) is 64.0 Å². The normalized spacial score (nSPS) is 15.4. The quantitative estimate of drug-likeness (QED) is 0.650. The van der Waals surface area contributed by atoms with Crippen LogP contribution < -0.4 is 9.62 Å². The van der Waals surface area contributed by atoms with E-state index >= 15 is 0 Å². The Morgan fingerprint density at radius 3 is 2.23 bits per heavy atom. The summed E-state index contributed by atoms with van der Waals surface area (Å²) in [6.45, 7) is 5.22. The smallest absolute Gasteiger partial charge is 0.321 e. The van der Waals surface area contributed by atoms with Gasteiger partial charge in [-0.3, -0.25) is 9.59 Å². The van der Waals surface area contributed by atoms with Crippen molar-refractivity contribution in [1.29, 1.82) is 0 Å². The van der Waals surface area contributed by atoms with Gasteiger partial charge in [0.1, 0.15) is 6.54 Å². The molecule has 1 fully saturated rings. The predicted molar refractivity (Wildman–Crippen MR) is 117 cm³/mol. The summed E-state index contributed by atoms with van der Waals surface area (Å²) in [6, 6.07) is 16.2. The van der Waals surface area contributed by atoms with Crippen molar-refractivity contribution in [2.45, 2.75) is 24.8 Å². The Labute approximate surface area is 182 Å². The van der Waals surface area contributed by atoms with Gasteiger partial charge < -0.3 is 14.5 Å². The summed E-state index contributed by atoms with van der Waals surface area (Å²) in [4.78, 5) is 28.6.